The first-order chi connectivity index (χ1) is 7.34. The number of hydrogen-bond acceptors (Lipinski definition) is 3. The molecule has 1 fully saturated rings. The van der Waals surface area contributed by atoms with Crippen LogP contribution in [0.15, 0.2) is 22.9 Å². The molecule has 1 aliphatic rings. The first-order valence-corrected chi connectivity index (χ1v) is 6.19. The molecule has 82 valence electrons. The van der Waals surface area contributed by atoms with E-state index in [2.05, 4.69) is 37.6 Å². The number of nitrogens with one attached hydrogen (secondary N) is 2. The summed E-state index contributed by atoms with van der Waals surface area (Å²) in [4.78, 5) is 4.12. The maximum atomic E-state index is 4.12. The van der Waals surface area contributed by atoms with E-state index in [0.29, 0.717) is 0 Å². The van der Waals surface area contributed by atoms with Gasteiger partial charge in [0.2, 0.25) is 0 Å². The van der Waals surface area contributed by atoms with Crippen molar-refractivity contribution in [1.29, 1.82) is 0 Å². The Kier molecular flexibility index (Phi) is 3.97. The maximum absolute atomic E-state index is 4.12. The van der Waals surface area contributed by atoms with Gasteiger partial charge in [-0.05, 0) is 53.8 Å². The largest absolute Gasteiger partial charge is 0.383 e. The third-order valence-electron chi connectivity index (χ3n) is 2.70. The second-order valence-electron chi connectivity index (χ2n) is 3.99. The highest BCUT2D eigenvalue weighted by atomic mass is 79.9. The van der Waals surface area contributed by atoms with E-state index in [4.69, 9.17) is 0 Å². The highest BCUT2D eigenvalue weighted by Gasteiger charge is 2.12. The fourth-order valence-corrected chi connectivity index (χ4v) is 2.23. The standard InChI is InChI=1S/C11H16BrN3/c12-10-4-11(8-14-7-10)15-6-9-2-1-3-13-5-9/h4,7-9,13,15H,1-3,5-6H2. The number of piperidine rings is 1. The average Bonchev–Trinajstić information content (AvgIpc) is 2.28. The maximum Gasteiger partial charge on any atom is 0.0538 e. The zero-order valence-electron chi connectivity index (χ0n) is 8.67. The molecule has 1 unspecified atom stereocenters. The molecule has 4 heteroatoms. The quantitative estimate of drug-likeness (QED) is 0.884. The molecular weight excluding hydrogens is 254 g/mol. The summed E-state index contributed by atoms with van der Waals surface area (Å²) in [7, 11) is 0. The van der Waals surface area contributed by atoms with Crippen molar-refractivity contribution in [3.8, 4) is 0 Å². The Morgan fingerprint density at radius 1 is 1.53 bits per heavy atom. The van der Waals surface area contributed by atoms with Crippen molar-refractivity contribution in [2.75, 3.05) is 25.0 Å². The van der Waals surface area contributed by atoms with E-state index < -0.39 is 0 Å². The minimum absolute atomic E-state index is 0.748. The lowest BCUT2D eigenvalue weighted by Crippen LogP contribution is -2.33. The molecule has 1 aromatic rings. The van der Waals surface area contributed by atoms with Crippen molar-refractivity contribution < 1.29 is 0 Å². The predicted octanol–water partition coefficient (Wildman–Crippen LogP) is 2.26. The van der Waals surface area contributed by atoms with Gasteiger partial charge in [0, 0.05) is 17.2 Å². The molecule has 0 radical (unpaired) electrons. The molecule has 0 aromatic carbocycles. The minimum Gasteiger partial charge on any atom is -0.383 e. The van der Waals surface area contributed by atoms with E-state index >= 15 is 0 Å². The van der Waals surface area contributed by atoms with Gasteiger partial charge in [0.1, 0.15) is 0 Å². The molecule has 1 aliphatic heterocycles. The van der Waals surface area contributed by atoms with Crippen LogP contribution >= 0.6 is 15.9 Å². The van der Waals surface area contributed by atoms with Crippen molar-refractivity contribution in [2.24, 2.45) is 5.92 Å². The van der Waals surface area contributed by atoms with Crippen LogP contribution in [0, 0.1) is 5.92 Å². The van der Waals surface area contributed by atoms with Crippen LogP contribution in [0.2, 0.25) is 0 Å². The molecule has 1 aromatic heterocycles. The smallest absolute Gasteiger partial charge is 0.0538 e. The van der Waals surface area contributed by atoms with Gasteiger partial charge in [0.05, 0.1) is 11.9 Å². The van der Waals surface area contributed by atoms with Gasteiger partial charge in [-0.15, -0.1) is 0 Å². The lowest BCUT2D eigenvalue weighted by atomic mass is 10.00. The summed E-state index contributed by atoms with van der Waals surface area (Å²) in [6.45, 7) is 3.34. The molecule has 2 rings (SSSR count). The van der Waals surface area contributed by atoms with Gasteiger partial charge in [-0.2, -0.15) is 0 Å². The number of rotatable bonds is 3. The molecule has 0 aliphatic carbocycles. The summed E-state index contributed by atoms with van der Waals surface area (Å²) in [5, 5.41) is 6.84. The van der Waals surface area contributed by atoms with Crippen molar-refractivity contribution in [3.63, 3.8) is 0 Å². The summed E-state index contributed by atoms with van der Waals surface area (Å²) in [5.41, 5.74) is 1.09. The first-order valence-electron chi connectivity index (χ1n) is 5.40. The van der Waals surface area contributed by atoms with Gasteiger partial charge in [-0.25, -0.2) is 0 Å². The monoisotopic (exact) mass is 269 g/mol. The molecule has 1 saturated heterocycles. The summed E-state index contributed by atoms with van der Waals surface area (Å²) in [6, 6.07) is 2.06. The van der Waals surface area contributed by atoms with Gasteiger partial charge >= 0.3 is 0 Å². The SMILES string of the molecule is Brc1cncc(NCC2CCCNC2)c1. The summed E-state index contributed by atoms with van der Waals surface area (Å²) < 4.78 is 1.02. The number of aromatic nitrogens is 1. The molecule has 2 heterocycles. The van der Waals surface area contributed by atoms with E-state index in [9.17, 15) is 0 Å². The van der Waals surface area contributed by atoms with Crippen molar-refractivity contribution in [3.05, 3.63) is 22.9 Å². The van der Waals surface area contributed by atoms with E-state index in [-0.39, 0.29) is 0 Å². The number of anilines is 1. The van der Waals surface area contributed by atoms with Gasteiger partial charge in [-0.1, -0.05) is 0 Å². The summed E-state index contributed by atoms with van der Waals surface area (Å²) >= 11 is 3.41. The highest BCUT2D eigenvalue weighted by molar-refractivity contribution is 9.10. The van der Waals surface area contributed by atoms with Crippen molar-refractivity contribution in [2.45, 2.75) is 12.8 Å². The Morgan fingerprint density at radius 2 is 2.47 bits per heavy atom. The van der Waals surface area contributed by atoms with Crippen LogP contribution in [0.3, 0.4) is 0 Å². The molecule has 0 saturated carbocycles. The third kappa shape index (κ3) is 3.47. The van der Waals surface area contributed by atoms with E-state index in [0.717, 1.165) is 29.2 Å². The molecule has 0 bridgehead atoms. The van der Waals surface area contributed by atoms with Crippen LogP contribution in [-0.2, 0) is 0 Å². The zero-order chi connectivity index (χ0) is 10.5. The van der Waals surface area contributed by atoms with Gasteiger partial charge in [0.15, 0.2) is 0 Å². The summed E-state index contributed by atoms with van der Waals surface area (Å²) in [5.74, 6) is 0.748. The second-order valence-corrected chi connectivity index (χ2v) is 4.90. The number of hydrogen-bond donors (Lipinski definition) is 2. The Balaban J connectivity index is 1.81. The highest BCUT2D eigenvalue weighted by Crippen LogP contribution is 2.15. The molecular formula is C11H16BrN3. The topological polar surface area (TPSA) is 37.0 Å². The molecule has 15 heavy (non-hydrogen) atoms. The molecule has 1 atom stereocenters. The van der Waals surface area contributed by atoms with E-state index in [1.165, 1.54) is 19.4 Å². The van der Waals surface area contributed by atoms with E-state index in [1.54, 1.807) is 6.20 Å². The lowest BCUT2D eigenvalue weighted by Gasteiger charge is -2.23. The second kappa shape index (κ2) is 5.47. The van der Waals surface area contributed by atoms with E-state index in [1.807, 2.05) is 6.20 Å². The normalized spacial score (nSPS) is 21.3. The Bertz CT molecular complexity index is 310. The minimum atomic E-state index is 0.748. The van der Waals surface area contributed by atoms with Crippen LogP contribution in [0.25, 0.3) is 0 Å². The average molecular weight is 270 g/mol. The predicted molar refractivity (Wildman–Crippen MR) is 66.0 cm³/mol. The fraction of sp³-hybridized carbons (Fsp3) is 0.545. The van der Waals surface area contributed by atoms with Crippen LogP contribution in [0.4, 0.5) is 5.69 Å². The number of halogens is 1. The molecule has 3 nitrogen and oxygen atoms in total. The number of pyridine rings is 1. The van der Waals surface area contributed by atoms with Crippen LogP contribution in [-0.4, -0.2) is 24.6 Å². The Morgan fingerprint density at radius 3 is 3.20 bits per heavy atom. The fourth-order valence-electron chi connectivity index (χ4n) is 1.87. The van der Waals surface area contributed by atoms with Gasteiger partial charge in [0.25, 0.3) is 0 Å². The van der Waals surface area contributed by atoms with Gasteiger partial charge in [-0.3, -0.25) is 4.98 Å². The molecule has 2 N–H and O–H groups in total. The first kappa shape index (κ1) is 10.9. The van der Waals surface area contributed by atoms with Crippen LogP contribution in [0.5, 0.6) is 0 Å². The third-order valence-corrected chi connectivity index (χ3v) is 3.13. The van der Waals surface area contributed by atoms with Crippen LogP contribution in [0.1, 0.15) is 12.8 Å². The lowest BCUT2D eigenvalue weighted by molar-refractivity contribution is 0.393. The summed E-state index contributed by atoms with van der Waals surface area (Å²) in [6.07, 6.45) is 6.28. The van der Waals surface area contributed by atoms with Crippen molar-refractivity contribution >= 4 is 21.6 Å². The Labute approximate surface area is 98.8 Å². The Hall–Kier alpha value is -0.610. The van der Waals surface area contributed by atoms with Crippen molar-refractivity contribution in [1.82, 2.24) is 10.3 Å². The molecule has 0 spiro atoms. The molecule has 0 amide bonds. The van der Waals surface area contributed by atoms with Crippen LogP contribution < -0.4 is 10.6 Å². The zero-order valence-corrected chi connectivity index (χ0v) is 10.3. The number of nitrogens with zero attached hydrogens (tertiary/aromatic N) is 1. The van der Waals surface area contributed by atoms with Gasteiger partial charge < -0.3 is 10.6 Å².